The zero-order valence-corrected chi connectivity index (χ0v) is 28.4. The van der Waals surface area contributed by atoms with Crippen molar-refractivity contribution in [2.24, 2.45) is 4.99 Å². The zero-order chi connectivity index (χ0) is 33.3. The minimum absolute atomic E-state index is 0.520. The van der Waals surface area contributed by atoms with E-state index >= 15 is 0 Å². The van der Waals surface area contributed by atoms with Crippen molar-refractivity contribution in [3.05, 3.63) is 96.1 Å². The summed E-state index contributed by atoms with van der Waals surface area (Å²) >= 11 is 0. The average Bonchev–Trinajstić information content (AvgIpc) is 3.72. The summed E-state index contributed by atoms with van der Waals surface area (Å²) in [5.74, 6) is 2.48. The lowest BCUT2D eigenvalue weighted by atomic mass is 10.00. The van der Waals surface area contributed by atoms with Crippen LogP contribution in [-0.2, 0) is 15.9 Å². The van der Waals surface area contributed by atoms with Crippen molar-refractivity contribution in [1.82, 2.24) is 19.8 Å². The van der Waals surface area contributed by atoms with Crippen molar-refractivity contribution in [3.63, 3.8) is 0 Å². The fraction of sp³-hybridized carbons (Fsp3) is 0.333. The van der Waals surface area contributed by atoms with Crippen molar-refractivity contribution in [1.29, 1.82) is 0 Å². The molecule has 0 fully saturated rings. The molecule has 0 radical (unpaired) electrons. The van der Waals surface area contributed by atoms with Crippen LogP contribution in [0.5, 0.6) is 11.5 Å². The molecule has 9 nitrogen and oxygen atoms in total. The molecule has 0 saturated heterocycles. The number of nitrogens with one attached hydrogen (secondary N) is 1. The number of nitrogens with zero attached hydrogens (tertiary/aromatic N) is 4. The number of hydrogen-bond donors (Lipinski definition) is 1. The molecule has 0 aliphatic carbocycles. The predicted molar refractivity (Wildman–Crippen MR) is 193 cm³/mol. The topological polar surface area (TPSA) is 84.4 Å². The van der Waals surface area contributed by atoms with E-state index in [0.29, 0.717) is 39.6 Å². The van der Waals surface area contributed by atoms with E-state index in [1.54, 1.807) is 0 Å². The van der Waals surface area contributed by atoms with E-state index in [-0.39, 0.29) is 0 Å². The Bertz CT molecular complexity index is 1810. The molecule has 0 saturated carbocycles. The van der Waals surface area contributed by atoms with E-state index in [4.69, 9.17) is 28.9 Å². The first-order chi connectivity index (χ1) is 23.4. The van der Waals surface area contributed by atoms with Crippen LogP contribution < -0.4 is 9.47 Å². The molecule has 1 N–H and O–H groups in total. The van der Waals surface area contributed by atoms with Gasteiger partial charge in [-0.15, -0.1) is 0 Å². The Hall–Kier alpha value is -4.54. The van der Waals surface area contributed by atoms with Crippen molar-refractivity contribution in [2.45, 2.75) is 6.42 Å². The maximum absolute atomic E-state index is 5.85. The van der Waals surface area contributed by atoms with E-state index in [2.05, 4.69) is 63.3 Å². The highest BCUT2D eigenvalue weighted by Crippen LogP contribution is 2.35. The molecule has 0 unspecified atom stereocenters. The molecule has 0 bridgehead atoms. The van der Waals surface area contributed by atoms with Crippen molar-refractivity contribution in [3.8, 4) is 34.0 Å². The van der Waals surface area contributed by atoms with Crippen LogP contribution in [0.15, 0.2) is 89.9 Å². The van der Waals surface area contributed by atoms with Crippen LogP contribution in [-0.4, -0.2) is 106 Å². The molecule has 1 aromatic heterocycles. The van der Waals surface area contributed by atoms with E-state index < -0.39 is 0 Å². The Morgan fingerprint density at radius 1 is 0.604 bits per heavy atom. The standard InChI is InChI=1S/C39H45N5O4/c1-43(2)17-19-45-21-23-47-33-12-7-28(8-13-33)36-27-32-6-5-30(25-37(32)40-36)31-11-16-35-38(26-31)42-39(41-35)29-9-14-34(15-10-29)48-24-22-46-20-18-44(3)4/h5-16,25-26H,17-24,27H2,1-4H3,(H,41,42). The van der Waals surface area contributed by atoms with Crippen LogP contribution in [0.1, 0.15) is 11.1 Å². The molecule has 0 atom stereocenters. The highest BCUT2D eigenvalue weighted by atomic mass is 16.5. The van der Waals surface area contributed by atoms with Crippen LogP contribution >= 0.6 is 0 Å². The molecule has 48 heavy (non-hydrogen) atoms. The molecular formula is C39H45N5O4. The van der Waals surface area contributed by atoms with E-state index in [1.165, 1.54) is 5.56 Å². The number of ether oxygens (including phenoxy) is 4. The van der Waals surface area contributed by atoms with Gasteiger partial charge >= 0.3 is 0 Å². The maximum atomic E-state index is 5.85. The van der Waals surface area contributed by atoms with Gasteiger partial charge in [-0.3, -0.25) is 4.99 Å². The summed E-state index contributed by atoms with van der Waals surface area (Å²) in [6, 6.07) is 29.1. The highest BCUT2D eigenvalue weighted by molar-refractivity contribution is 6.07. The SMILES string of the molecule is CN(C)CCOCCOc1ccc(C2=Nc3cc(-c4ccc5nc(-c6ccc(OCCOCCN(C)C)cc6)[nH]c5c4)ccc3C2)cc1. The van der Waals surface area contributed by atoms with Gasteiger partial charge in [-0.1, -0.05) is 18.2 Å². The Balaban J connectivity index is 1.05. The van der Waals surface area contributed by atoms with E-state index in [0.717, 1.165) is 81.5 Å². The minimum Gasteiger partial charge on any atom is -0.491 e. The number of imidazole rings is 1. The lowest BCUT2D eigenvalue weighted by Crippen LogP contribution is -2.19. The first-order valence-electron chi connectivity index (χ1n) is 16.5. The molecule has 2 heterocycles. The normalized spacial score (nSPS) is 12.6. The molecule has 6 rings (SSSR count). The fourth-order valence-corrected chi connectivity index (χ4v) is 5.44. The van der Waals surface area contributed by atoms with Crippen molar-refractivity contribution < 1.29 is 18.9 Å². The van der Waals surface area contributed by atoms with Crippen molar-refractivity contribution in [2.75, 3.05) is 80.9 Å². The van der Waals surface area contributed by atoms with Crippen LogP contribution in [0.2, 0.25) is 0 Å². The number of benzene rings is 4. The van der Waals surface area contributed by atoms with Gasteiger partial charge in [-0.25, -0.2) is 4.98 Å². The molecule has 9 heteroatoms. The van der Waals surface area contributed by atoms with Gasteiger partial charge in [0, 0.05) is 25.1 Å². The van der Waals surface area contributed by atoms with Gasteiger partial charge in [0.1, 0.15) is 30.5 Å². The summed E-state index contributed by atoms with van der Waals surface area (Å²) in [5, 5.41) is 0. The van der Waals surface area contributed by atoms with Gasteiger partial charge < -0.3 is 33.7 Å². The quantitative estimate of drug-likeness (QED) is 0.116. The summed E-state index contributed by atoms with van der Waals surface area (Å²) in [6.07, 6.45) is 0.812. The molecule has 0 spiro atoms. The Morgan fingerprint density at radius 2 is 1.17 bits per heavy atom. The first-order valence-corrected chi connectivity index (χ1v) is 16.5. The summed E-state index contributed by atoms with van der Waals surface area (Å²) in [4.78, 5) is 17.6. The van der Waals surface area contributed by atoms with Gasteiger partial charge in [-0.05, 0) is 117 Å². The first kappa shape index (κ1) is 33.4. The number of rotatable bonds is 17. The molecule has 0 amide bonds. The summed E-state index contributed by atoms with van der Waals surface area (Å²) < 4.78 is 22.9. The second kappa shape index (κ2) is 16.0. The molecule has 1 aliphatic rings. The van der Waals surface area contributed by atoms with Gasteiger partial charge in [0.15, 0.2) is 0 Å². The summed E-state index contributed by atoms with van der Waals surface area (Å²) in [6.45, 7) is 5.41. The van der Waals surface area contributed by atoms with Gasteiger partial charge in [-0.2, -0.15) is 0 Å². The van der Waals surface area contributed by atoms with Gasteiger partial charge in [0.2, 0.25) is 0 Å². The molecule has 5 aromatic rings. The third kappa shape index (κ3) is 8.87. The van der Waals surface area contributed by atoms with E-state index in [1.807, 2.05) is 64.6 Å². The largest absolute Gasteiger partial charge is 0.491 e. The van der Waals surface area contributed by atoms with Crippen LogP contribution in [0.3, 0.4) is 0 Å². The van der Waals surface area contributed by atoms with Crippen molar-refractivity contribution >= 4 is 22.4 Å². The van der Waals surface area contributed by atoms with Gasteiger partial charge in [0.25, 0.3) is 0 Å². The molecular weight excluding hydrogens is 602 g/mol. The monoisotopic (exact) mass is 647 g/mol. The molecule has 4 aromatic carbocycles. The third-order valence-electron chi connectivity index (χ3n) is 8.19. The minimum atomic E-state index is 0.520. The number of aromatic nitrogens is 2. The Morgan fingerprint density at radius 3 is 1.79 bits per heavy atom. The van der Waals surface area contributed by atoms with Crippen LogP contribution in [0.25, 0.3) is 33.5 Å². The van der Waals surface area contributed by atoms with Crippen LogP contribution in [0.4, 0.5) is 5.69 Å². The number of aliphatic imine (C=N–C) groups is 1. The Kier molecular flexibility index (Phi) is 11.1. The third-order valence-corrected chi connectivity index (χ3v) is 8.19. The number of fused-ring (bicyclic) bond motifs is 2. The van der Waals surface area contributed by atoms with Crippen LogP contribution in [0, 0.1) is 0 Å². The summed E-state index contributed by atoms with van der Waals surface area (Å²) in [7, 11) is 8.14. The lowest BCUT2D eigenvalue weighted by Gasteiger charge is -2.10. The predicted octanol–water partition coefficient (Wildman–Crippen LogP) is 6.49. The number of H-pyrrole nitrogens is 1. The smallest absolute Gasteiger partial charge is 0.138 e. The maximum Gasteiger partial charge on any atom is 0.138 e. The van der Waals surface area contributed by atoms with Gasteiger partial charge in [0.05, 0.1) is 48.9 Å². The lowest BCUT2D eigenvalue weighted by molar-refractivity contribution is 0.0890. The molecule has 250 valence electrons. The number of hydrogen-bond acceptors (Lipinski definition) is 8. The fourth-order valence-electron chi connectivity index (χ4n) is 5.44. The second-order valence-corrected chi connectivity index (χ2v) is 12.5. The summed E-state index contributed by atoms with van der Waals surface area (Å²) in [5.41, 5.74) is 9.60. The number of likely N-dealkylation sites (N-methyl/N-ethyl adjacent to an activating group) is 2. The highest BCUT2D eigenvalue weighted by Gasteiger charge is 2.17. The number of aromatic amines is 1. The molecule has 1 aliphatic heterocycles. The van der Waals surface area contributed by atoms with E-state index in [9.17, 15) is 0 Å². The average molecular weight is 648 g/mol. The second-order valence-electron chi connectivity index (χ2n) is 12.5. The Labute approximate surface area is 283 Å². The zero-order valence-electron chi connectivity index (χ0n) is 28.4.